The molecule has 0 aliphatic carbocycles. The number of nitrogens with zero attached hydrogens (tertiary/aromatic N) is 6. The van der Waals surface area contributed by atoms with Gasteiger partial charge in [0, 0.05) is 45.5 Å². The molecule has 0 bridgehead atoms. The van der Waals surface area contributed by atoms with Crippen LogP contribution < -0.4 is 14.7 Å². The van der Waals surface area contributed by atoms with Crippen LogP contribution in [0, 0.1) is 11.3 Å². The summed E-state index contributed by atoms with van der Waals surface area (Å²) in [4.78, 5) is 16.0. The van der Waals surface area contributed by atoms with E-state index in [9.17, 15) is 0 Å². The normalized spacial score (nSPS) is 19.7. The molecule has 4 rings (SSSR count). The summed E-state index contributed by atoms with van der Waals surface area (Å²) in [7, 11) is 2.10. The molecule has 7 nitrogen and oxygen atoms in total. The van der Waals surface area contributed by atoms with Crippen molar-refractivity contribution in [2.45, 2.75) is 18.9 Å². The summed E-state index contributed by atoms with van der Waals surface area (Å²) in [6.45, 7) is 4.89. The monoisotopic (exact) mass is 412 g/mol. The van der Waals surface area contributed by atoms with E-state index in [0.717, 1.165) is 56.5 Å². The molecule has 2 fully saturated rings. The fraction of sp³-hybridized carbons (Fsp3) is 0.476. The van der Waals surface area contributed by atoms with Gasteiger partial charge in [0.25, 0.3) is 0 Å². The van der Waals surface area contributed by atoms with Gasteiger partial charge in [-0.2, -0.15) is 10.2 Å². The van der Waals surface area contributed by atoms with Gasteiger partial charge in [0.15, 0.2) is 0 Å². The van der Waals surface area contributed by atoms with Gasteiger partial charge in [0.1, 0.15) is 5.82 Å². The molecular weight excluding hydrogens is 388 g/mol. The summed E-state index contributed by atoms with van der Waals surface area (Å²) in [6, 6.07) is 9.95. The van der Waals surface area contributed by atoms with E-state index >= 15 is 0 Å². The van der Waals surface area contributed by atoms with E-state index in [4.69, 9.17) is 26.6 Å². The first-order chi connectivity index (χ1) is 14.2. The minimum Gasteiger partial charge on any atom is -0.378 e. The summed E-state index contributed by atoms with van der Waals surface area (Å²) in [6.07, 6.45) is 4.01. The van der Waals surface area contributed by atoms with E-state index in [-0.39, 0.29) is 0 Å². The lowest BCUT2D eigenvalue weighted by Crippen LogP contribution is -2.47. The molecule has 2 saturated heterocycles. The molecule has 1 aromatic carbocycles. The van der Waals surface area contributed by atoms with E-state index in [0.29, 0.717) is 29.8 Å². The van der Waals surface area contributed by atoms with Crippen LogP contribution in [0.4, 0.5) is 17.5 Å². The van der Waals surface area contributed by atoms with Crippen LogP contribution in [0.5, 0.6) is 0 Å². The Balaban J connectivity index is 1.49. The predicted molar refractivity (Wildman–Crippen MR) is 115 cm³/mol. The molecule has 29 heavy (non-hydrogen) atoms. The molecule has 0 amide bonds. The highest BCUT2D eigenvalue weighted by atomic mass is 35.5. The quantitative estimate of drug-likeness (QED) is 0.764. The fourth-order valence-corrected chi connectivity index (χ4v) is 4.26. The van der Waals surface area contributed by atoms with Gasteiger partial charge in [-0.25, -0.2) is 4.98 Å². The summed E-state index contributed by atoms with van der Waals surface area (Å²) in [5.74, 6) is 1.69. The van der Waals surface area contributed by atoms with Crippen molar-refractivity contribution in [2.75, 3.05) is 61.1 Å². The Kier molecular flexibility index (Phi) is 6.02. The molecule has 2 aliphatic rings. The van der Waals surface area contributed by atoms with Crippen LogP contribution in [-0.4, -0.2) is 62.5 Å². The molecule has 1 unspecified atom stereocenters. The molecule has 0 N–H and O–H groups in total. The second kappa shape index (κ2) is 8.85. The lowest BCUT2D eigenvalue weighted by Gasteiger charge is -2.39. The highest BCUT2D eigenvalue weighted by molar-refractivity contribution is 6.33. The molecular formula is C21H25ClN6O. The Morgan fingerprint density at radius 1 is 1.21 bits per heavy atom. The first kappa shape index (κ1) is 19.7. The second-order valence-electron chi connectivity index (χ2n) is 7.45. The zero-order valence-electron chi connectivity index (χ0n) is 16.6. The largest absolute Gasteiger partial charge is 0.378 e. The van der Waals surface area contributed by atoms with Gasteiger partial charge in [-0.3, -0.25) is 0 Å². The maximum atomic E-state index is 9.07. The minimum absolute atomic E-state index is 0.322. The van der Waals surface area contributed by atoms with E-state index in [1.807, 2.05) is 24.4 Å². The Morgan fingerprint density at radius 2 is 2.03 bits per heavy atom. The number of piperidine rings is 1. The van der Waals surface area contributed by atoms with Gasteiger partial charge in [-0.15, -0.1) is 0 Å². The molecule has 0 radical (unpaired) electrons. The lowest BCUT2D eigenvalue weighted by molar-refractivity contribution is 0.122. The average molecular weight is 413 g/mol. The van der Waals surface area contributed by atoms with Crippen molar-refractivity contribution in [1.29, 1.82) is 5.26 Å². The van der Waals surface area contributed by atoms with E-state index in [1.54, 1.807) is 6.07 Å². The third-order valence-electron chi connectivity index (χ3n) is 5.65. The molecule has 2 aromatic rings. The van der Waals surface area contributed by atoms with E-state index in [2.05, 4.69) is 32.8 Å². The molecule has 1 aromatic heterocycles. The zero-order chi connectivity index (χ0) is 20.2. The number of anilines is 3. The van der Waals surface area contributed by atoms with Crippen LogP contribution in [-0.2, 0) is 4.74 Å². The van der Waals surface area contributed by atoms with Crippen molar-refractivity contribution in [3.8, 4) is 6.07 Å². The zero-order valence-corrected chi connectivity index (χ0v) is 17.3. The lowest BCUT2D eigenvalue weighted by atomic mass is 10.0. The van der Waals surface area contributed by atoms with Crippen molar-refractivity contribution < 1.29 is 4.74 Å². The molecule has 2 aliphatic heterocycles. The van der Waals surface area contributed by atoms with Crippen molar-refractivity contribution in [3.63, 3.8) is 0 Å². The van der Waals surface area contributed by atoms with E-state index < -0.39 is 0 Å². The number of morpholine rings is 1. The van der Waals surface area contributed by atoms with Crippen molar-refractivity contribution >= 4 is 29.1 Å². The Hall–Kier alpha value is -2.56. The average Bonchev–Trinajstić information content (AvgIpc) is 2.79. The van der Waals surface area contributed by atoms with Crippen molar-refractivity contribution in [2.24, 2.45) is 0 Å². The Morgan fingerprint density at radius 3 is 2.79 bits per heavy atom. The highest BCUT2D eigenvalue weighted by Crippen LogP contribution is 2.31. The molecule has 0 spiro atoms. The van der Waals surface area contributed by atoms with Crippen LogP contribution in [0.25, 0.3) is 0 Å². The molecule has 0 saturated carbocycles. The molecule has 3 heterocycles. The van der Waals surface area contributed by atoms with Crippen molar-refractivity contribution in [1.82, 2.24) is 9.97 Å². The molecule has 8 heteroatoms. The number of benzene rings is 1. The number of nitriles is 1. The Labute approximate surface area is 176 Å². The van der Waals surface area contributed by atoms with Crippen LogP contribution >= 0.6 is 11.6 Å². The van der Waals surface area contributed by atoms with Gasteiger partial charge in [-0.1, -0.05) is 11.6 Å². The summed E-state index contributed by atoms with van der Waals surface area (Å²) in [5.41, 5.74) is 1.57. The number of hydrogen-bond donors (Lipinski definition) is 0. The van der Waals surface area contributed by atoms with Crippen molar-refractivity contribution in [3.05, 3.63) is 41.0 Å². The number of aromatic nitrogens is 2. The van der Waals surface area contributed by atoms with Gasteiger partial charge in [0.2, 0.25) is 5.95 Å². The maximum Gasteiger partial charge on any atom is 0.227 e. The third kappa shape index (κ3) is 4.39. The van der Waals surface area contributed by atoms with Gasteiger partial charge >= 0.3 is 0 Å². The molecule has 1 atom stereocenters. The summed E-state index contributed by atoms with van der Waals surface area (Å²) >= 11 is 6.45. The van der Waals surface area contributed by atoms with Gasteiger partial charge < -0.3 is 19.4 Å². The predicted octanol–water partition coefficient (Wildman–Crippen LogP) is 2.94. The first-order valence-electron chi connectivity index (χ1n) is 9.99. The maximum absolute atomic E-state index is 9.07. The van der Waals surface area contributed by atoms with Crippen LogP contribution in [0.3, 0.4) is 0 Å². The number of rotatable bonds is 4. The standard InChI is InChI=1S/C21H25ClN6O/c1-26(20-6-7-24-21(25-20)27-9-11-29-12-10-27)17-3-2-8-28(15-17)19-5-4-16(14-23)13-18(19)22/h4-7,13,17H,2-3,8-12,15H2,1H3. The topological polar surface area (TPSA) is 68.5 Å². The number of ether oxygens (including phenoxy) is 1. The number of halogens is 1. The third-order valence-corrected chi connectivity index (χ3v) is 5.95. The van der Waals surface area contributed by atoms with Crippen LogP contribution in [0.1, 0.15) is 18.4 Å². The highest BCUT2D eigenvalue weighted by Gasteiger charge is 2.26. The van der Waals surface area contributed by atoms with Gasteiger partial charge in [0.05, 0.1) is 35.6 Å². The molecule has 152 valence electrons. The van der Waals surface area contributed by atoms with Crippen LogP contribution in [0.2, 0.25) is 5.02 Å². The minimum atomic E-state index is 0.322. The fourth-order valence-electron chi connectivity index (χ4n) is 3.96. The Bertz CT molecular complexity index is 895. The van der Waals surface area contributed by atoms with E-state index in [1.165, 1.54) is 0 Å². The number of hydrogen-bond acceptors (Lipinski definition) is 7. The first-order valence-corrected chi connectivity index (χ1v) is 10.4. The van der Waals surface area contributed by atoms with Gasteiger partial charge in [-0.05, 0) is 37.1 Å². The summed E-state index contributed by atoms with van der Waals surface area (Å²) in [5, 5.41) is 9.70. The summed E-state index contributed by atoms with van der Waals surface area (Å²) < 4.78 is 5.43. The SMILES string of the molecule is CN(c1ccnc(N2CCOCC2)n1)C1CCCN(c2ccc(C#N)cc2Cl)C1. The van der Waals surface area contributed by atoms with Crippen LogP contribution in [0.15, 0.2) is 30.5 Å². The smallest absolute Gasteiger partial charge is 0.227 e. The second-order valence-corrected chi connectivity index (χ2v) is 7.85. The number of likely N-dealkylation sites (N-methyl/N-ethyl adjacent to an activating group) is 1.